The van der Waals surface area contributed by atoms with Gasteiger partial charge in [-0.2, -0.15) is 0 Å². The first kappa shape index (κ1) is 24.5. The third-order valence-electron chi connectivity index (χ3n) is 7.05. The third-order valence-corrected chi connectivity index (χ3v) is 7.05. The number of para-hydroxylation sites is 1. The van der Waals surface area contributed by atoms with Crippen LogP contribution in [0.1, 0.15) is 36.2 Å². The predicted octanol–water partition coefficient (Wildman–Crippen LogP) is 5.10. The van der Waals surface area contributed by atoms with Crippen molar-refractivity contribution in [1.29, 1.82) is 0 Å². The molecule has 0 atom stereocenters. The van der Waals surface area contributed by atoms with E-state index in [-0.39, 0.29) is 0 Å². The van der Waals surface area contributed by atoms with Crippen LogP contribution in [0.5, 0.6) is 0 Å². The molecular formula is C29H39FN4. The minimum atomic E-state index is -1.12. The molecule has 182 valence electrons. The minimum absolute atomic E-state index is 0.523. The lowest BCUT2D eigenvalue weighted by Crippen LogP contribution is -2.50. The Kier molecular flexibility index (Phi) is 7.44. The van der Waals surface area contributed by atoms with Crippen LogP contribution in [0.2, 0.25) is 0 Å². The molecule has 34 heavy (non-hydrogen) atoms. The lowest BCUT2D eigenvalue weighted by atomic mass is 10.0. The third kappa shape index (κ3) is 5.70. The van der Waals surface area contributed by atoms with Crippen molar-refractivity contribution < 1.29 is 4.39 Å². The average Bonchev–Trinajstić information content (AvgIpc) is 3.08. The zero-order chi connectivity index (χ0) is 24.3. The largest absolute Gasteiger partial charge is 0.388 e. The van der Waals surface area contributed by atoms with E-state index in [2.05, 4.69) is 81.7 Å². The van der Waals surface area contributed by atoms with Crippen molar-refractivity contribution in [2.45, 2.75) is 39.4 Å². The quantitative estimate of drug-likeness (QED) is 0.479. The van der Waals surface area contributed by atoms with Gasteiger partial charge in [0.15, 0.2) is 0 Å². The van der Waals surface area contributed by atoms with Gasteiger partial charge in [0.25, 0.3) is 0 Å². The highest BCUT2D eigenvalue weighted by Crippen LogP contribution is 2.28. The van der Waals surface area contributed by atoms with Crippen LogP contribution >= 0.6 is 0 Å². The van der Waals surface area contributed by atoms with Crippen LogP contribution in [-0.4, -0.2) is 66.4 Å². The van der Waals surface area contributed by atoms with Gasteiger partial charge < -0.3 is 9.88 Å². The normalized spacial score (nSPS) is 15.7. The van der Waals surface area contributed by atoms with E-state index in [4.69, 9.17) is 0 Å². The molecule has 1 saturated heterocycles. The highest BCUT2D eigenvalue weighted by Gasteiger charge is 2.24. The molecule has 1 aromatic heterocycles. The Morgan fingerprint density at radius 1 is 0.971 bits per heavy atom. The van der Waals surface area contributed by atoms with Crippen LogP contribution < -0.4 is 5.32 Å². The average molecular weight is 463 g/mol. The number of hydrogen-bond acceptors (Lipinski definition) is 3. The number of rotatable bonds is 9. The Hall–Kier alpha value is -2.63. The topological polar surface area (TPSA) is 23.4 Å². The Bertz CT molecular complexity index is 1120. The van der Waals surface area contributed by atoms with Crippen molar-refractivity contribution in [3.63, 3.8) is 0 Å². The summed E-state index contributed by atoms with van der Waals surface area (Å²) in [6, 6.07) is 17.5. The zero-order valence-corrected chi connectivity index (χ0v) is 21.2. The number of nitrogens with one attached hydrogen (secondary N) is 1. The highest BCUT2D eigenvalue weighted by molar-refractivity contribution is 5.86. The molecular weight excluding hydrogens is 423 g/mol. The second-order valence-electron chi connectivity index (χ2n) is 10.2. The summed E-state index contributed by atoms with van der Waals surface area (Å²) in [5.74, 6) is 0. The van der Waals surface area contributed by atoms with E-state index in [0.717, 1.165) is 56.9 Å². The van der Waals surface area contributed by atoms with Crippen LogP contribution in [-0.2, 0) is 13.0 Å². The van der Waals surface area contributed by atoms with Crippen molar-refractivity contribution in [3.8, 4) is 0 Å². The number of benzene rings is 2. The maximum absolute atomic E-state index is 14.0. The van der Waals surface area contributed by atoms with Gasteiger partial charge in [-0.25, -0.2) is 4.39 Å². The number of alkyl halides is 1. The Labute approximate surface area is 204 Å². The highest BCUT2D eigenvalue weighted by atomic mass is 19.1. The molecule has 1 fully saturated rings. The first-order chi connectivity index (χ1) is 16.2. The molecule has 0 aliphatic carbocycles. The zero-order valence-electron chi connectivity index (χ0n) is 21.2. The molecule has 0 spiro atoms. The molecule has 2 aromatic carbocycles. The number of nitrogens with zero attached hydrogens (tertiary/aromatic N) is 3. The van der Waals surface area contributed by atoms with E-state index < -0.39 is 5.67 Å². The van der Waals surface area contributed by atoms with Crippen molar-refractivity contribution in [3.05, 3.63) is 77.5 Å². The van der Waals surface area contributed by atoms with Gasteiger partial charge in [0, 0.05) is 75.2 Å². The van der Waals surface area contributed by atoms with E-state index >= 15 is 0 Å². The maximum atomic E-state index is 14.0. The van der Waals surface area contributed by atoms with Gasteiger partial charge in [0.1, 0.15) is 5.67 Å². The number of piperazine rings is 1. The van der Waals surface area contributed by atoms with E-state index in [0.29, 0.717) is 6.54 Å². The van der Waals surface area contributed by atoms with E-state index in [9.17, 15) is 4.39 Å². The van der Waals surface area contributed by atoms with Gasteiger partial charge in [0.2, 0.25) is 0 Å². The molecule has 0 bridgehead atoms. The van der Waals surface area contributed by atoms with Crippen molar-refractivity contribution in [1.82, 2.24) is 19.7 Å². The fourth-order valence-corrected chi connectivity index (χ4v) is 5.13. The number of aromatic nitrogens is 1. The summed E-state index contributed by atoms with van der Waals surface area (Å²) in [6.07, 6.45) is 0.920. The molecule has 5 heteroatoms. The monoisotopic (exact) mass is 462 g/mol. The summed E-state index contributed by atoms with van der Waals surface area (Å²) in [4.78, 5) is 4.77. The van der Waals surface area contributed by atoms with Gasteiger partial charge in [-0.15, -0.1) is 0 Å². The molecule has 1 aliphatic heterocycles. The van der Waals surface area contributed by atoms with Crippen LogP contribution in [0.4, 0.5) is 4.39 Å². The first-order valence-electron chi connectivity index (χ1n) is 12.4. The van der Waals surface area contributed by atoms with Crippen molar-refractivity contribution in [2.24, 2.45) is 0 Å². The minimum Gasteiger partial charge on any atom is -0.388 e. The van der Waals surface area contributed by atoms with Crippen LogP contribution in [0.25, 0.3) is 16.6 Å². The lowest BCUT2D eigenvalue weighted by Gasteiger charge is -2.36. The van der Waals surface area contributed by atoms with E-state index in [1.54, 1.807) is 13.8 Å². The van der Waals surface area contributed by atoms with Gasteiger partial charge in [-0.05, 0) is 49.9 Å². The second-order valence-corrected chi connectivity index (χ2v) is 10.2. The van der Waals surface area contributed by atoms with Gasteiger partial charge in [0.05, 0.1) is 0 Å². The fraction of sp³-hybridized carbons (Fsp3) is 0.448. The molecule has 0 amide bonds. The van der Waals surface area contributed by atoms with Gasteiger partial charge in [-0.1, -0.05) is 49.0 Å². The molecule has 1 aliphatic rings. The molecule has 0 radical (unpaired) electrons. The summed E-state index contributed by atoms with van der Waals surface area (Å²) in [5.41, 5.74) is 6.32. The molecule has 4 rings (SSSR count). The molecule has 2 heterocycles. The fourth-order valence-electron chi connectivity index (χ4n) is 5.13. The Balaban J connectivity index is 1.46. The lowest BCUT2D eigenvalue weighted by molar-refractivity contribution is 0.0748. The molecule has 0 saturated carbocycles. The Morgan fingerprint density at radius 3 is 2.26 bits per heavy atom. The van der Waals surface area contributed by atoms with Crippen molar-refractivity contribution in [2.75, 3.05) is 46.3 Å². The summed E-state index contributed by atoms with van der Waals surface area (Å²) in [6.45, 7) is 16.1. The number of hydrogen-bond donors (Lipinski definition) is 1. The molecule has 3 aromatic rings. The SMILES string of the molecule is C=C(NC)c1ccc(Cc2c(C)n(CCN3CCN(CC(C)(C)F)CC3)c3ccccc23)cc1. The summed E-state index contributed by atoms with van der Waals surface area (Å²) in [7, 11) is 1.90. The standard InChI is InChI=1S/C29H39FN4/c1-22(31-5)25-12-10-24(11-13-25)20-27-23(2)34(28-9-7-6-8-26(27)28)19-18-32-14-16-33(17-15-32)21-29(3,4)30/h6-13,31H,1,14-21H2,2-5H3. The smallest absolute Gasteiger partial charge is 0.118 e. The van der Waals surface area contributed by atoms with Gasteiger partial charge in [-0.3, -0.25) is 9.80 Å². The first-order valence-corrected chi connectivity index (χ1v) is 12.4. The van der Waals surface area contributed by atoms with Crippen LogP contribution in [0.3, 0.4) is 0 Å². The summed E-state index contributed by atoms with van der Waals surface area (Å²) >= 11 is 0. The van der Waals surface area contributed by atoms with Crippen molar-refractivity contribution >= 4 is 16.6 Å². The number of fused-ring (bicyclic) bond motifs is 1. The summed E-state index contributed by atoms with van der Waals surface area (Å²) in [5, 5.41) is 4.47. The predicted molar refractivity (Wildman–Crippen MR) is 142 cm³/mol. The maximum Gasteiger partial charge on any atom is 0.118 e. The molecule has 4 nitrogen and oxygen atoms in total. The van der Waals surface area contributed by atoms with Crippen LogP contribution in [0.15, 0.2) is 55.1 Å². The van der Waals surface area contributed by atoms with E-state index in [1.807, 2.05) is 7.05 Å². The Morgan fingerprint density at radius 2 is 1.62 bits per heavy atom. The summed E-state index contributed by atoms with van der Waals surface area (Å²) < 4.78 is 16.5. The number of halogens is 1. The molecule has 0 unspecified atom stereocenters. The van der Waals surface area contributed by atoms with Gasteiger partial charge >= 0.3 is 0 Å². The second kappa shape index (κ2) is 10.3. The molecule has 1 N–H and O–H groups in total. The van der Waals surface area contributed by atoms with Crippen LogP contribution in [0, 0.1) is 6.92 Å². The van der Waals surface area contributed by atoms with E-state index in [1.165, 1.54) is 27.7 Å².